The lowest BCUT2D eigenvalue weighted by molar-refractivity contribution is 0.0452. The van der Waals surface area contributed by atoms with Crippen LogP contribution in [0.2, 0.25) is 0 Å². The highest BCUT2D eigenvalue weighted by molar-refractivity contribution is 7.93. The Bertz CT molecular complexity index is 1620. The number of aromatic nitrogens is 1. The van der Waals surface area contributed by atoms with Gasteiger partial charge in [0.25, 0.3) is 10.0 Å². The van der Waals surface area contributed by atoms with Gasteiger partial charge in [-0.1, -0.05) is 26.0 Å². The van der Waals surface area contributed by atoms with Crippen LogP contribution in [-0.2, 0) is 26.0 Å². The van der Waals surface area contributed by atoms with E-state index in [4.69, 9.17) is 14.2 Å². The molecule has 45 heavy (non-hydrogen) atoms. The van der Waals surface area contributed by atoms with Crippen molar-refractivity contribution in [2.24, 2.45) is 5.92 Å². The van der Waals surface area contributed by atoms with Gasteiger partial charge in [-0.15, -0.1) is 11.3 Å². The Hall–Kier alpha value is -4.51. The molecule has 1 heterocycles. The molecule has 244 valence electrons. The van der Waals surface area contributed by atoms with Gasteiger partial charge in [-0.05, 0) is 56.5 Å². The monoisotopic (exact) mass is 669 g/mol. The van der Waals surface area contributed by atoms with E-state index in [0.717, 1.165) is 15.6 Å². The molecule has 3 aromatic rings. The Labute approximate surface area is 262 Å². The van der Waals surface area contributed by atoms with Gasteiger partial charge < -0.3 is 19.5 Å². The van der Waals surface area contributed by atoms with E-state index in [2.05, 4.69) is 4.98 Å². The smallest absolute Gasteiger partial charge is 0.426 e. The molecule has 0 fully saturated rings. The fourth-order valence-electron chi connectivity index (χ4n) is 3.53. The summed E-state index contributed by atoms with van der Waals surface area (Å²) in [6.45, 7) is 8.07. The van der Waals surface area contributed by atoms with E-state index in [-0.39, 0.29) is 29.8 Å². The highest BCUT2D eigenvalue weighted by Gasteiger charge is 2.33. The number of anilines is 2. The van der Waals surface area contributed by atoms with Gasteiger partial charge in [-0.2, -0.15) is 0 Å². The summed E-state index contributed by atoms with van der Waals surface area (Å²) >= 11 is 0.812. The second kappa shape index (κ2) is 14.5. The summed E-state index contributed by atoms with van der Waals surface area (Å²) in [5.74, 6) is -3.26. The first-order valence-electron chi connectivity index (χ1n) is 13.3. The topological polar surface area (TPSA) is 165 Å². The molecule has 2 aromatic carbocycles. The average Bonchev–Trinajstić information content (AvgIpc) is 3.44. The average molecular weight is 670 g/mol. The van der Waals surface area contributed by atoms with E-state index < -0.39 is 55.9 Å². The summed E-state index contributed by atoms with van der Waals surface area (Å²) in [4.78, 5) is 39.9. The molecular formula is C28H33F2N5O8S2. The number of amides is 3. The van der Waals surface area contributed by atoms with E-state index >= 15 is 8.78 Å². The van der Waals surface area contributed by atoms with Crippen molar-refractivity contribution in [3.05, 3.63) is 64.8 Å². The van der Waals surface area contributed by atoms with Gasteiger partial charge in [0.15, 0.2) is 17.3 Å². The zero-order valence-corrected chi connectivity index (χ0v) is 26.9. The molecule has 1 aromatic heterocycles. The van der Waals surface area contributed by atoms with Crippen molar-refractivity contribution in [1.29, 1.82) is 0 Å². The molecule has 0 atom stereocenters. The van der Waals surface area contributed by atoms with Crippen LogP contribution in [0.5, 0.6) is 5.75 Å². The molecular weight excluding hydrogens is 636 g/mol. The third-order valence-electron chi connectivity index (χ3n) is 5.52. The number of benzene rings is 2. The number of carbonyl (C=O) groups is 3. The maximum absolute atomic E-state index is 15.1. The molecule has 0 saturated heterocycles. The van der Waals surface area contributed by atoms with Crippen LogP contribution in [0.25, 0.3) is 0 Å². The van der Waals surface area contributed by atoms with Crippen LogP contribution in [0.15, 0.2) is 46.8 Å². The Kier molecular flexibility index (Phi) is 11.3. The summed E-state index contributed by atoms with van der Waals surface area (Å²) in [6, 6.07) is 6.11. The number of esters is 1. The summed E-state index contributed by atoms with van der Waals surface area (Å²) in [7, 11) is -3.31. The largest absolute Gasteiger partial charge is 0.497 e. The minimum atomic E-state index is -4.77. The van der Waals surface area contributed by atoms with E-state index in [9.17, 15) is 22.8 Å². The van der Waals surface area contributed by atoms with Crippen LogP contribution in [0.1, 0.15) is 50.7 Å². The quantitative estimate of drug-likeness (QED) is 0.194. The number of sulfonamides is 1. The predicted molar refractivity (Wildman–Crippen MR) is 161 cm³/mol. The lowest BCUT2D eigenvalue weighted by atomic mass is 10.2. The van der Waals surface area contributed by atoms with Crippen LogP contribution in [0, 0.1) is 17.6 Å². The van der Waals surface area contributed by atoms with Crippen molar-refractivity contribution in [3.63, 3.8) is 0 Å². The van der Waals surface area contributed by atoms with Gasteiger partial charge in [0, 0.05) is 0 Å². The van der Waals surface area contributed by atoms with Gasteiger partial charge in [-0.25, -0.2) is 47.4 Å². The number of nitrogens with zero attached hydrogens (tertiary/aromatic N) is 2. The molecule has 3 rings (SSSR count). The minimum absolute atomic E-state index is 0.0107. The lowest BCUT2D eigenvalue weighted by Gasteiger charge is -2.24. The first-order chi connectivity index (χ1) is 21.0. The predicted octanol–water partition coefficient (Wildman–Crippen LogP) is 5.20. The third kappa shape index (κ3) is 9.49. The van der Waals surface area contributed by atoms with Crippen molar-refractivity contribution >= 4 is 50.1 Å². The van der Waals surface area contributed by atoms with Crippen LogP contribution in [0.4, 0.5) is 29.1 Å². The third-order valence-corrected chi connectivity index (χ3v) is 8.21. The van der Waals surface area contributed by atoms with Crippen molar-refractivity contribution in [3.8, 4) is 5.75 Å². The highest BCUT2D eigenvalue weighted by atomic mass is 32.2. The Morgan fingerprint density at radius 1 is 1.04 bits per heavy atom. The van der Waals surface area contributed by atoms with Crippen molar-refractivity contribution in [1.82, 2.24) is 15.8 Å². The number of halogens is 2. The van der Waals surface area contributed by atoms with Crippen LogP contribution in [0.3, 0.4) is 0 Å². The number of hydrogen-bond donors (Lipinski definition) is 3. The molecule has 0 aliphatic heterocycles. The van der Waals surface area contributed by atoms with Gasteiger partial charge in [0.05, 0.1) is 30.7 Å². The lowest BCUT2D eigenvalue weighted by Crippen LogP contribution is -2.46. The van der Waals surface area contributed by atoms with Crippen molar-refractivity contribution < 1.29 is 45.8 Å². The van der Waals surface area contributed by atoms with Crippen molar-refractivity contribution in [2.45, 2.75) is 51.7 Å². The Morgan fingerprint density at radius 2 is 1.67 bits per heavy atom. The van der Waals surface area contributed by atoms with Crippen LogP contribution < -0.4 is 25.2 Å². The maximum atomic E-state index is 15.1. The first-order valence-corrected chi connectivity index (χ1v) is 15.6. The van der Waals surface area contributed by atoms with E-state index in [1.807, 2.05) is 30.0 Å². The molecule has 0 radical (unpaired) electrons. The molecule has 0 aliphatic rings. The Morgan fingerprint density at radius 3 is 2.22 bits per heavy atom. The summed E-state index contributed by atoms with van der Waals surface area (Å²) < 4.78 is 74.3. The number of hydrazine groups is 1. The van der Waals surface area contributed by atoms with Gasteiger partial charge in [0.1, 0.15) is 22.0 Å². The number of ether oxygens (including phenoxy) is 3. The normalized spacial score (nSPS) is 11.5. The zero-order chi connectivity index (χ0) is 33.5. The number of nitrogens with one attached hydrogen (secondary N) is 3. The minimum Gasteiger partial charge on any atom is -0.497 e. The molecule has 17 heteroatoms. The fraction of sp³-hybridized carbons (Fsp3) is 0.357. The second-order valence-electron chi connectivity index (χ2n) is 10.8. The number of rotatable bonds is 10. The molecule has 13 nitrogen and oxygen atoms in total. The first kappa shape index (κ1) is 35.0. The van der Waals surface area contributed by atoms with E-state index in [1.165, 1.54) is 12.6 Å². The SMILES string of the molecule is COc1ccc(CN(c2scnc2C(=O)OCC(C)C)S(=O)(=O)c2cc(F)c(NC(=O)NNC(=O)OC(C)(C)C)c(F)c2)cc1. The number of hydrogen-bond acceptors (Lipinski definition) is 10. The molecule has 0 aliphatic carbocycles. The number of carbonyl (C=O) groups excluding carboxylic acids is 3. The standard InChI is InChI=1S/C28H33F2N5O8S2/c1-16(2)14-42-25(36)23-24(44-15-31-23)35(13-17-7-9-18(41-6)10-8-17)45(39,40)19-11-20(29)22(21(30)12-19)32-26(37)33-34-27(38)43-28(3,4)5/h7-12,15-16H,13-14H2,1-6H3,(H,34,38)(H2,32,33,37). The van der Waals surface area contributed by atoms with Gasteiger partial charge in [0.2, 0.25) is 0 Å². The molecule has 0 spiro atoms. The van der Waals surface area contributed by atoms with Crippen LogP contribution >= 0.6 is 11.3 Å². The molecule has 0 bridgehead atoms. The summed E-state index contributed by atoms with van der Waals surface area (Å²) in [5.41, 5.74) is 3.29. The second-order valence-corrected chi connectivity index (χ2v) is 13.5. The fourth-order valence-corrected chi connectivity index (χ4v) is 6.03. The number of methoxy groups -OCH3 is 1. The molecule has 3 amide bonds. The molecule has 0 unspecified atom stereocenters. The zero-order valence-electron chi connectivity index (χ0n) is 25.3. The van der Waals surface area contributed by atoms with E-state index in [1.54, 1.807) is 45.0 Å². The maximum Gasteiger partial charge on any atom is 0.426 e. The molecule has 0 saturated carbocycles. The van der Waals surface area contributed by atoms with Gasteiger partial charge >= 0.3 is 18.1 Å². The molecule has 3 N–H and O–H groups in total. The van der Waals surface area contributed by atoms with Crippen molar-refractivity contribution in [2.75, 3.05) is 23.3 Å². The van der Waals surface area contributed by atoms with E-state index in [0.29, 0.717) is 23.4 Å². The van der Waals surface area contributed by atoms with Gasteiger partial charge in [-0.3, -0.25) is 4.31 Å². The summed E-state index contributed by atoms with van der Waals surface area (Å²) in [5, 5.41) is 1.73. The van der Waals surface area contributed by atoms with Crippen LogP contribution in [-0.4, -0.2) is 50.8 Å². The number of thiazole rings is 1. The summed E-state index contributed by atoms with van der Waals surface area (Å²) in [6.07, 6.45) is -1.03. The highest BCUT2D eigenvalue weighted by Crippen LogP contribution is 2.34. The number of urea groups is 1. The Balaban J connectivity index is 1.95.